The van der Waals surface area contributed by atoms with Crippen LogP contribution in [0.1, 0.15) is 48.4 Å². The number of methoxy groups -OCH3 is 1. The lowest BCUT2D eigenvalue weighted by atomic mass is 9.97. The van der Waals surface area contributed by atoms with Crippen LogP contribution in [0.25, 0.3) is 10.2 Å². The van der Waals surface area contributed by atoms with Crippen molar-refractivity contribution in [1.82, 2.24) is 14.9 Å². The molecule has 2 aliphatic rings. The van der Waals surface area contributed by atoms with Crippen LogP contribution in [-0.4, -0.2) is 46.9 Å². The maximum absolute atomic E-state index is 12.6. The number of esters is 1. The Morgan fingerprint density at radius 3 is 2.75 bits per heavy atom. The van der Waals surface area contributed by atoms with Gasteiger partial charge >= 0.3 is 5.97 Å². The summed E-state index contributed by atoms with van der Waals surface area (Å²) in [6.45, 7) is 1.14. The van der Waals surface area contributed by atoms with Crippen molar-refractivity contribution in [3.63, 3.8) is 0 Å². The van der Waals surface area contributed by atoms with E-state index in [0.29, 0.717) is 44.6 Å². The highest BCUT2D eigenvalue weighted by molar-refractivity contribution is 7.18. The van der Waals surface area contributed by atoms with Crippen molar-refractivity contribution in [3.8, 4) is 0 Å². The number of carbonyl (C=O) groups excluding carboxylic acids is 2. The summed E-state index contributed by atoms with van der Waals surface area (Å²) >= 11 is 1.63. The van der Waals surface area contributed by atoms with Gasteiger partial charge in [0, 0.05) is 30.8 Å². The molecule has 3 heterocycles. The summed E-state index contributed by atoms with van der Waals surface area (Å²) < 4.78 is 4.78. The van der Waals surface area contributed by atoms with E-state index >= 15 is 0 Å². The van der Waals surface area contributed by atoms with Crippen molar-refractivity contribution in [2.75, 3.05) is 20.2 Å². The Morgan fingerprint density at radius 1 is 1.25 bits per heavy atom. The van der Waals surface area contributed by atoms with Crippen LogP contribution in [0, 0.1) is 5.92 Å². The number of aromatic amines is 1. The molecule has 7 nitrogen and oxygen atoms in total. The zero-order valence-electron chi connectivity index (χ0n) is 16.1. The monoisotopic (exact) mass is 403 g/mol. The molecule has 150 valence electrons. The summed E-state index contributed by atoms with van der Waals surface area (Å²) in [5.74, 6) is 0.311. The lowest BCUT2D eigenvalue weighted by molar-refractivity contribution is -0.148. The Hall–Kier alpha value is -2.22. The fourth-order valence-electron chi connectivity index (χ4n) is 4.24. The molecular formula is C20H25N3O4S. The normalized spacial score (nSPS) is 17.5. The van der Waals surface area contributed by atoms with E-state index in [1.54, 1.807) is 16.2 Å². The molecule has 0 aromatic carbocycles. The van der Waals surface area contributed by atoms with Crippen LogP contribution in [-0.2, 0) is 33.6 Å². The number of hydrogen-bond donors (Lipinski definition) is 1. The smallest absolute Gasteiger partial charge is 0.308 e. The standard InChI is InChI=1S/C20H25N3O4S/c1-27-20(26)12-8-10-23(11-9-12)16(24)7-6-15-21-18(25)17-13-4-2-3-5-14(13)28-19(17)22-15/h12H,2-11H2,1H3,(H,21,22,25). The second-order valence-corrected chi connectivity index (χ2v) is 8.67. The van der Waals surface area contributed by atoms with E-state index < -0.39 is 0 Å². The number of ether oxygens (including phenoxy) is 1. The molecule has 0 unspecified atom stereocenters. The van der Waals surface area contributed by atoms with E-state index in [1.165, 1.54) is 24.0 Å². The molecule has 1 N–H and O–H groups in total. The first-order valence-corrected chi connectivity index (χ1v) is 10.8. The van der Waals surface area contributed by atoms with Crippen molar-refractivity contribution in [1.29, 1.82) is 0 Å². The summed E-state index contributed by atoms with van der Waals surface area (Å²) in [7, 11) is 1.40. The molecule has 1 amide bonds. The number of nitrogens with zero attached hydrogens (tertiary/aromatic N) is 2. The van der Waals surface area contributed by atoms with Gasteiger partial charge in [-0.3, -0.25) is 14.4 Å². The average Bonchev–Trinajstić information content (AvgIpc) is 3.10. The third-order valence-electron chi connectivity index (χ3n) is 5.83. The summed E-state index contributed by atoms with van der Waals surface area (Å²) in [5.41, 5.74) is 1.10. The van der Waals surface area contributed by atoms with Gasteiger partial charge in [-0.2, -0.15) is 0 Å². The van der Waals surface area contributed by atoms with Crippen molar-refractivity contribution in [2.45, 2.75) is 51.4 Å². The predicted octanol–water partition coefficient (Wildman–Crippen LogP) is 2.21. The zero-order valence-corrected chi connectivity index (χ0v) is 16.9. The van der Waals surface area contributed by atoms with Gasteiger partial charge in [0.25, 0.3) is 5.56 Å². The Kier molecular flexibility index (Phi) is 5.48. The van der Waals surface area contributed by atoms with Crippen LogP contribution in [0.2, 0.25) is 0 Å². The van der Waals surface area contributed by atoms with E-state index in [9.17, 15) is 14.4 Å². The van der Waals surface area contributed by atoms with Crippen molar-refractivity contribution in [3.05, 3.63) is 26.6 Å². The number of aryl methyl sites for hydroxylation is 3. The van der Waals surface area contributed by atoms with Gasteiger partial charge in [-0.15, -0.1) is 11.3 Å². The molecule has 0 radical (unpaired) electrons. The second kappa shape index (κ2) is 8.03. The molecule has 2 aromatic rings. The van der Waals surface area contributed by atoms with Crippen LogP contribution in [0.4, 0.5) is 0 Å². The van der Waals surface area contributed by atoms with Crippen LogP contribution in [0.15, 0.2) is 4.79 Å². The fraction of sp³-hybridized carbons (Fsp3) is 0.600. The molecule has 1 aliphatic carbocycles. The molecule has 0 atom stereocenters. The third kappa shape index (κ3) is 3.70. The topological polar surface area (TPSA) is 92.4 Å². The minimum atomic E-state index is -0.194. The van der Waals surface area contributed by atoms with Gasteiger partial charge in [0.15, 0.2) is 0 Å². The zero-order chi connectivity index (χ0) is 19.7. The number of rotatable bonds is 4. The van der Waals surface area contributed by atoms with Gasteiger partial charge in [-0.25, -0.2) is 4.98 Å². The van der Waals surface area contributed by atoms with E-state index in [2.05, 4.69) is 9.97 Å². The Bertz CT molecular complexity index is 956. The number of amides is 1. The first kappa shape index (κ1) is 19.1. The molecule has 1 fully saturated rings. The Morgan fingerprint density at radius 2 is 2.00 bits per heavy atom. The molecule has 1 saturated heterocycles. The SMILES string of the molecule is COC(=O)C1CCN(C(=O)CCc2nc3sc4c(c3c(=O)[nH]2)CCCC4)CC1. The number of carbonyl (C=O) groups is 2. The first-order valence-electron chi connectivity index (χ1n) is 9.96. The average molecular weight is 404 g/mol. The van der Waals surface area contributed by atoms with E-state index in [-0.39, 0.29) is 23.4 Å². The molecule has 8 heteroatoms. The molecule has 0 saturated carbocycles. The highest BCUT2D eigenvalue weighted by Gasteiger charge is 2.28. The van der Waals surface area contributed by atoms with Crippen LogP contribution in [0.3, 0.4) is 0 Å². The molecule has 1 aliphatic heterocycles. The van der Waals surface area contributed by atoms with Gasteiger partial charge in [0.2, 0.25) is 5.91 Å². The number of fused-ring (bicyclic) bond motifs is 3. The fourth-order valence-corrected chi connectivity index (χ4v) is 5.52. The maximum Gasteiger partial charge on any atom is 0.308 e. The quantitative estimate of drug-likeness (QED) is 0.790. The summed E-state index contributed by atoms with van der Waals surface area (Å²) in [4.78, 5) is 48.1. The first-order chi connectivity index (χ1) is 13.6. The maximum atomic E-state index is 12.6. The Labute approximate surface area is 167 Å². The van der Waals surface area contributed by atoms with E-state index in [4.69, 9.17) is 4.74 Å². The number of aromatic nitrogens is 2. The molecule has 28 heavy (non-hydrogen) atoms. The van der Waals surface area contributed by atoms with Crippen LogP contribution >= 0.6 is 11.3 Å². The second-order valence-electron chi connectivity index (χ2n) is 7.58. The number of piperidine rings is 1. The minimum Gasteiger partial charge on any atom is -0.469 e. The van der Waals surface area contributed by atoms with Crippen LogP contribution < -0.4 is 5.56 Å². The van der Waals surface area contributed by atoms with Crippen molar-refractivity contribution in [2.24, 2.45) is 5.92 Å². The molecule has 0 bridgehead atoms. The summed E-state index contributed by atoms with van der Waals surface area (Å²) in [6, 6.07) is 0. The number of H-pyrrole nitrogens is 1. The summed E-state index contributed by atoms with van der Waals surface area (Å²) in [6.07, 6.45) is 6.30. The third-order valence-corrected chi connectivity index (χ3v) is 7.02. The molecule has 0 spiro atoms. The number of thiophene rings is 1. The highest BCUT2D eigenvalue weighted by atomic mass is 32.1. The molecule has 4 rings (SSSR count). The number of likely N-dealkylation sites (tertiary alicyclic amines) is 1. The van der Waals surface area contributed by atoms with Gasteiger partial charge in [0.05, 0.1) is 18.4 Å². The lowest BCUT2D eigenvalue weighted by Gasteiger charge is -2.30. The van der Waals surface area contributed by atoms with Crippen molar-refractivity contribution >= 4 is 33.4 Å². The predicted molar refractivity (Wildman–Crippen MR) is 107 cm³/mol. The van der Waals surface area contributed by atoms with Gasteiger partial charge in [0.1, 0.15) is 10.7 Å². The molecular weight excluding hydrogens is 378 g/mol. The minimum absolute atomic E-state index is 0.0385. The van der Waals surface area contributed by atoms with E-state index in [1.807, 2.05) is 0 Å². The van der Waals surface area contributed by atoms with E-state index in [0.717, 1.165) is 29.5 Å². The number of nitrogens with one attached hydrogen (secondary N) is 1. The van der Waals surface area contributed by atoms with Crippen LogP contribution in [0.5, 0.6) is 0 Å². The van der Waals surface area contributed by atoms with Gasteiger partial charge < -0.3 is 14.6 Å². The van der Waals surface area contributed by atoms with Crippen molar-refractivity contribution < 1.29 is 14.3 Å². The van der Waals surface area contributed by atoms with Gasteiger partial charge in [-0.05, 0) is 44.1 Å². The largest absolute Gasteiger partial charge is 0.469 e. The molecule has 2 aromatic heterocycles. The Balaban J connectivity index is 1.40. The van der Waals surface area contributed by atoms with Gasteiger partial charge in [-0.1, -0.05) is 0 Å². The summed E-state index contributed by atoms with van der Waals surface area (Å²) in [5, 5.41) is 0.750. The number of hydrogen-bond acceptors (Lipinski definition) is 6. The highest BCUT2D eigenvalue weighted by Crippen LogP contribution is 2.33. The lowest BCUT2D eigenvalue weighted by Crippen LogP contribution is -2.40.